The first-order valence-corrected chi connectivity index (χ1v) is 14.0. The summed E-state index contributed by atoms with van der Waals surface area (Å²) in [6.45, 7) is 3.59. The van der Waals surface area contributed by atoms with Crippen LogP contribution in [0.4, 0.5) is 11.4 Å². The maximum atomic E-state index is 13.2. The summed E-state index contributed by atoms with van der Waals surface area (Å²) >= 11 is 0. The largest absolute Gasteiger partial charge is 0.496 e. The lowest BCUT2D eigenvalue weighted by molar-refractivity contribution is -0.384. The average molecular weight is 570 g/mol. The molecule has 2 aliphatic rings. The number of para-hydroxylation sites is 1. The topological polar surface area (TPSA) is 110 Å². The summed E-state index contributed by atoms with van der Waals surface area (Å²) in [5.41, 5.74) is 3.99. The molecule has 2 aliphatic heterocycles. The van der Waals surface area contributed by atoms with Gasteiger partial charge in [0.05, 0.1) is 23.3 Å². The minimum Gasteiger partial charge on any atom is -0.496 e. The number of nitro groups is 1. The Morgan fingerprint density at radius 3 is 2.50 bits per heavy atom. The van der Waals surface area contributed by atoms with E-state index in [9.17, 15) is 14.9 Å². The van der Waals surface area contributed by atoms with E-state index in [0.717, 1.165) is 42.6 Å². The quantitative estimate of drug-likeness (QED) is 0.244. The number of hydrogen-bond donors (Lipinski definition) is 0. The van der Waals surface area contributed by atoms with E-state index in [1.165, 1.54) is 4.90 Å². The predicted octanol–water partition coefficient (Wildman–Crippen LogP) is 3.84. The van der Waals surface area contributed by atoms with E-state index >= 15 is 0 Å². The van der Waals surface area contributed by atoms with E-state index in [1.54, 1.807) is 39.5 Å². The zero-order valence-electron chi connectivity index (χ0n) is 24.6. The monoisotopic (exact) mass is 569 g/mol. The van der Waals surface area contributed by atoms with Gasteiger partial charge in [-0.05, 0) is 24.9 Å². The number of anilines is 1. The maximum absolute atomic E-state index is 13.2. The van der Waals surface area contributed by atoms with Crippen molar-refractivity contribution in [2.24, 2.45) is 18.9 Å². The minimum atomic E-state index is -0.320. The minimum absolute atomic E-state index is 0.0489. The molecule has 0 saturated carbocycles. The van der Waals surface area contributed by atoms with E-state index in [0.29, 0.717) is 45.9 Å². The van der Waals surface area contributed by atoms with Crippen molar-refractivity contribution in [2.45, 2.75) is 6.42 Å². The van der Waals surface area contributed by atoms with Gasteiger partial charge in [0.25, 0.3) is 11.6 Å². The second kappa shape index (κ2) is 10.7. The number of methoxy groups -OCH3 is 1. The highest BCUT2D eigenvalue weighted by atomic mass is 16.6. The molecule has 0 aliphatic carbocycles. The molecule has 4 aromatic rings. The van der Waals surface area contributed by atoms with Crippen molar-refractivity contribution in [3.63, 3.8) is 0 Å². The number of aromatic nitrogens is 3. The van der Waals surface area contributed by atoms with Crippen molar-refractivity contribution in [1.82, 2.24) is 24.3 Å². The van der Waals surface area contributed by atoms with E-state index in [-0.39, 0.29) is 22.9 Å². The van der Waals surface area contributed by atoms with Gasteiger partial charge in [0.15, 0.2) is 0 Å². The van der Waals surface area contributed by atoms with Gasteiger partial charge in [0.1, 0.15) is 17.3 Å². The fourth-order valence-corrected chi connectivity index (χ4v) is 6.56. The number of benzene rings is 2. The molecule has 0 radical (unpaired) electrons. The van der Waals surface area contributed by atoms with Crippen molar-refractivity contribution in [1.29, 1.82) is 0 Å². The molecular weight excluding hydrogens is 534 g/mol. The standard InChI is InChI=1S/C31H35N7O4/c1-34(2)31(39)23-13-32-29(33-30(23)24-18-36(4)25-9-7-6-8-22(24)25)11-19-10-27(38(40)41)26(12-28(19)42-5)37-16-20-14-35(3)15-21(20)17-37/h6-10,12-13,18,20-21H,11,14-17H2,1-5H3/t20-,21+. The molecule has 1 amide bonds. The zero-order valence-corrected chi connectivity index (χ0v) is 24.6. The first-order chi connectivity index (χ1) is 20.1. The Labute approximate surface area is 244 Å². The van der Waals surface area contributed by atoms with Crippen LogP contribution in [0.3, 0.4) is 0 Å². The number of rotatable bonds is 7. The van der Waals surface area contributed by atoms with Crippen molar-refractivity contribution in [2.75, 3.05) is 59.3 Å². The highest BCUT2D eigenvalue weighted by Crippen LogP contribution is 2.41. The molecule has 0 spiro atoms. The van der Waals surface area contributed by atoms with Crippen LogP contribution in [-0.2, 0) is 13.5 Å². The van der Waals surface area contributed by atoms with Gasteiger partial charge in [-0.1, -0.05) is 18.2 Å². The van der Waals surface area contributed by atoms with Crippen LogP contribution in [0, 0.1) is 22.0 Å². The van der Waals surface area contributed by atoms with Crippen molar-refractivity contribution in [3.05, 3.63) is 75.9 Å². The summed E-state index contributed by atoms with van der Waals surface area (Å²) in [5, 5.41) is 13.3. The Kier molecular flexibility index (Phi) is 7.05. The zero-order chi connectivity index (χ0) is 29.7. The number of aryl methyl sites for hydroxylation is 1. The highest BCUT2D eigenvalue weighted by Gasteiger charge is 2.40. The second-order valence-electron chi connectivity index (χ2n) is 11.7. The summed E-state index contributed by atoms with van der Waals surface area (Å²) in [5.74, 6) is 1.79. The van der Waals surface area contributed by atoms with Gasteiger partial charge in [0.2, 0.25) is 0 Å². The molecule has 2 aromatic carbocycles. The summed E-state index contributed by atoms with van der Waals surface area (Å²) in [6, 6.07) is 11.3. The molecular formula is C31H35N7O4. The van der Waals surface area contributed by atoms with Gasteiger partial charge in [-0.3, -0.25) is 14.9 Å². The number of fused-ring (bicyclic) bond motifs is 2. The molecule has 11 nitrogen and oxygen atoms in total. The van der Waals surface area contributed by atoms with Gasteiger partial charge < -0.3 is 24.0 Å². The number of carbonyl (C=O) groups excluding carboxylic acids is 1. The SMILES string of the molecule is COc1cc(N2C[C@H]3CN(C)C[C@H]3C2)c([N+](=O)[O-])cc1Cc1ncc(C(=O)N(C)C)c(-c2cn(C)c3ccccc23)n1. The lowest BCUT2D eigenvalue weighted by atomic mass is 10.0. The number of likely N-dealkylation sites (tertiary alicyclic amines) is 1. The molecule has 4 heterocycles. The lowest BCUT2D eigenvalue weighted by Crippen LogP contribution is -2.27. The molecule has 11 heteroatoms. The molecule has 0 bridgehead atoms. The fraction of sp³-hybridized carbons (Fsp3) is 0.387. The van der Waals surface area contributed by atoms with E-state index in [1.807, 2.05) is 42.1 Å². The number of nitrogens with zero attached hydrogens (tertiary/aromatic N) is 7. The Bertz CT molecular complexity index is 1680. The second-order valence-corrected chi connectivity index (χ2v) is 11.7. The van der Waals surface area contributed by atoms with Crippen LogP contribution in [-0.4, -0.2) is 89.6 Å². The molecule has 0 N–H and O–H groups in total. The summed E-state index contributed by atoms with van der Waals surface area (Å²) in [6.07, 6.45) is 3.72. The summed E-state index contributed by atoms with van der Waals surface area (Å²) in [7, 11) is 9.04. The molecule has 0 unspecified atom stereocenters. The average Bonchev–Trinajstić information content (AvgIpc) is 3.63. The molecule has 2 saturated heterocycles. The lowest BCUT2D eigenvalue weighted by Gasteiger charge is -2.22. The molecule has 6 rings (SSSR count). The van der Waals surface area contributed by atoms with Crippen LogP contribution in [0.2, 0.25) is 0 Å². The molecule has 2 aromatic heterocycles. The third-order valence-electron chi connectivity index (χ3n) is 8.56. The maximum Gasteiger partial charge on any atom is 0.293 e. The van der Waals surface area contributed by atoms with Crippen molar-refractivity contribution >= 4 is 28.2 Å². The van der Waals surface area contributed by atoms with Crippen LogP contribution < -0.4 is 9.64 Å². The van der Waals surface area contributed by atoms with Gasteiger partial charge in [-0.15, -0.1) is 0 Å². The third kappa shape index (κ3) is 4.83. The van der Waals surface area contributed by atoms with Crippen LogP contribution in [0.1, 0.15) is 21.7 Å². The summed E-state index contributed by atoms with van der Waals surface area (Å²) in [4.78, 5) is 40.5. The first kappa shape index (κ1) is 27.6. The smallest absolute Gasteiger partial charge is 0.293 e. The van der Waals surface area contributed by atoms with E-state index < -0.39 is 0 Å². The molecule has 2 fully saturated rings. The Morgan fingerprint density at radius 2 is 1.83 bits per heavy atom. The van der Waals surface area contributed by atoms with Crippen LogP contribution in [0.5, 0.6) is 5.75 Å². The van der Waals surface area contributed by atoms with E-state index in [4.69, 9.17) is 9.72 Å². The third-order valence-corrected chi connectivity index (χ3v) is 8.56. The van der Waals surface area contributed by atoms with Crippen molar-refractivity contribution in [3.8, 4) is 17.0 Å². The Morgan fingerprint density at radius 1 is 1.12 bits per heavy atom. The van der Waals surface area contributed by atoms with E-state index in [2.05, 4.69) is 21.8 Å². The Hall–Kier alpha value is -4.51. The molecule has 2 atom stereocenters. The van der Waals surface area contributed by atoms with Crippen molar-refractivity contribution < 1.29 is 14.5 Å². The van der Waals surface area contributed by atoms with Crippen LogP contribution >= 0.6 is 0 Å². The van der Waals surface area contributed by atoms with Crippen LogP contribution in [0.15, 0.2) is 48.8 Å². The Balaban J connectivity index is 1.40. The molecule has 42 heavy (non-hydrogen) atoms. The first-order valence-electron chi connectivity index (χ1n) is 14.0. The number of ether oxygens (including phenoxy) is 1. The van der Waals surface area contributed by atoms with Gasteiger partial charge in [0, 0.05) is 100 Å². The molecule has 218 valence electrons. The normalized spacial score (nSPS) is 18.5. The number of amides is 1. The van der Waals surface area contributed by atoms with Gasteiger partial charge in [-0.25, -0.2) is 9.97 Å². The highest BCUT2D eigenvalue weighted by molar-refractivity contribution is 6.04. The summed E-state index contributed by atoms with van der Waals surface area (Å²) < 4.78 is 7.76. The van der Waals surface area contributed by atoms with Gasteiger partial charge >= 0.3 is 0 Å². The predicted molar refractivity (Wildman–Crippen MR) is 161 cm³/mol. The number of nitro benzene ring substituents is 1. The number of carbonyl (C=O) groups is 1. The van der Waals surface area contributed by atoms with Gasteiger partial charge in [-0.2, -0.15) is 0 Å². The van der Waals surface area contributed by atoms with Crippen LogP contribution in [0.25, 0.3) is 22.2 Å². The fourth-order valence-electron chi connectivity index (χ4n) is 6.56. The number of hydrogen-bond acceptors (Lipinski definition) is 8.